The van der Waals surface area contributed by atoms with Gasteiger partial charge >= 0.3 is 0 Å². The fourth-order valence-electron chi connectivity index (χ4n) is 1.50. The Balaban J connectivity index is 0.00000106. The second kappa shape index (κ2) is 9.41. The van der Waals surface area contributed by atoms with Crippen molar-refractivity contribution in [1.82, 2.24) is 5.32 Å². The summed E-state index contributed by atoms with van der Waals surface area (Å²) in [6.45, 7) is 12.9. The van der Waals surface area contributed by atoms with Crippen molar-refractivity contribution in [3.05, 3.63) is 35.4 Å². The normalized spacial score (nSPS) is 9.88. The largest absolute Gasteiger partial charge is 0.316 e. The molecule has 0 radical (unpaired) electrons. The summed E-state index contributed by atoms with van der Waals surface area (Å²) < 4.78 is 0. The first-order chi connectivity index (χ1) is 7.70. The maximum atomic E-state index is 3.46. The van der Waals surface area contributed by atoms with Crippen LogP contribution in [0, 0.1) is 12.8 Å². The summed E-state index contributed by atoms with van der Waals surface area (Å²) in [6, 6.07) is 8.61. The van der Waals surface area contributed by atoms with Gasteiger partial charge in [0, 0.05) is 0 Å². The van der Waals surface area contributed by atoms with Gasteiger partial charge < -0.3 is 5.32 Å². The zero-order valence-electron chi connectivity index (χ0n) is 11.5. The molecule has 1 N–H and O–H groups in total. The minimum atomic E-state index is 0.742. The predicted molar refractivity (Wildman–Crippen MR) is 73.9 cm³/mol. The third-order valence-corrected chi connectivity index (χ3v) is 2.38. The van der Waals surface area contributed by atoms with Crippen LogP contribution in [-0.2, 0) is 6.42 Å². The van der Waals surface area contributed by atoms with Crippen molar-refractivity contribution in [2.45, 2.75) is 41.0 Å². The quantitative estimate of drug-likeness (QED) is 0.746. The molecule has 0 atom stereocenters. The van der Waals surface area contributed by atoms with Gasteiger partial charge in [-0.1, -0.05) is 52.0 Å². The van der Waals surface area contributed by atoms with Crippen LogP contribution in [0.25, 0.3) is 0 Å². The van der Waals surface area contributed by atoms with E-state index in [-0.39, 0.29) is 0 Å². The van der Waals surface area contributed by atoms with Crippen molar-refractivity contribution in [3.8, 4) is 0 Å². The van der Waals surface area contributed by atoms with Crippen LogP contribution in [0.1, 0.15) is 38.8 Å². The van der Waals surface area contributed by atoms with Crippen LogP contribution in [-0.4, -0.2) is 13.1 Å². The van der Waals surface area contributed by atoms with Crippen LogP contribution in [0.3, 0.4) is 0 Å². The molecule has 0 spiro atoms. The van der Waals surface area contributed by atoms with E-state index in [1.54, 1.807) is 0 Å². The van der Waals surface area contributed by atoms with Gasteiger partial charge in [-0.15, -0.1) is 0 Å². The van der Waals surface area contributed by atoms with Crippen LogP contribution in [0.5, 0.6) is 0 Å². The van der Waals surface area contributed by atoms with Crippen molar-refractivity contribution in [1.29, 1.82) is 0 Å². The lowest BCUT2D eigenvalue weighted by molar-refractivity contribution is 0.554. The molecule has 0 aliphatic carbocycles. The van der Waals surface area contributed by atoms with Gasteiger partial charge in [-0.2, -0.15) is 0 Å². The Hall–Kier alpha value is -0.820. The standard InChI is InChI=1S/C13H21N.C2H6/c1-11(2)10-14-9-8-13-7-5-4-6-12(13)3;1-2/h4-7,11,14H,8-10H2,1-3H3;1-2H3. The molecule has 1 nitrogen and oxygen atoms in total. The average Bonchev–Trinajstić information content (AvgIpc) is 2.29. The molecular formula is C15H27N. The molecule has 0 saturated carbocycles. The number of rotatable bonds is 5. The highest BCUT2D eigenvalue weighted by Gasteiger charge is 1.97. The van der Waals surface area contributed by atoms with Gasteiger partial charge in [0.05, 0.1) is 0 Å². The Morgan fingerprint density at radius 1 is 1.12 bits per heavy atom. The molecule has 0 unspecified atom stereocenters. The lowest BCUT2D eigenvalue weighted by atomic mass is 10.1. The van der Waals surface area contributed by atoms with E-state index in [0.29, 0.717) is 0 Å². The highest BCUT2D eigenvalue weighted by atomic mass is 14.8. The summed E-state index contributed by atoms with van der Waals surface area (Å²) in [5.41, 5.74) is 2.86. The first-order valence-corrected chi connectivity index (χ1v) is 6.45. The highest BCUT2D eigenvalue weighted by molar-refractivity contribution is 5.25. The van der Waals surface area contributed by atoms with Crippen LogP contribution in [0.2, 0.25) is 0 Å². The number of nitrogens with one attached hydrogen (secondary N) is 1. The third-order valence-electron chi connectivity index (χ3n) is 2.38. The maximum Gasteiger partial charge on any atom is -0.000814 e. The molecule has 0 fully saturated rings. The van der Waals surface area contributed by atoms with Gasteiger partial charge in [-0.3, -0.25) is 0 Å². The van der Waals surface area contributed by atoms with E-state index >= 15 is 0 Å². The van der Waals surface area contributed by atoms with E-state index in [2.05, 4.69) is 50.4 Å². The number of hydrogen-bond acceptors (Lipinski definition) is 1. The van der Waals surface area contributed by atoms with Gasteiger partial charge in [-0.25, -0.2) is 0 Å². The molecule has 1 rings (SSSR count). The minimum Gasteiger partial charge on any atom is -0.316 e. The highest BCUT2D eigenvalue weighted by Crippen LogP contribution is 2.06. The lowest BCUT2D eigenvalue weighted by Gasteiger charge is -2.08. The summed E-state index contributed by atoms with van der Waals surface area (Å²) in [4.78, 5) is 0. The Labute approximate surface area is 101 Å². The minimum absolute atomic E-state index is 0.742. The molecule has 0 aliphatic rings. The Morgan fingerprint density at radius 3 is 2.31 bits per heavy atom. The van der Waals surface area contributed by atoms with Gasteiger partial charge in [0.25, 0.3) is 0 Å². The lowest BCUT2D eigenvalue weighted by Crippen LogP contribution is -2.22. The Kier molecular flexibility index (Phi) is 8.93. The zero-order valence-corrected chi connectivity index (χ0v) is 11.5. The monoisotopic (exact) mass is 221 g/mol. The zero-order chi connectivity index (χ0) is 12.4. The van der Waals surface area contributed by atoms with Crippen LogP contribution in [0.15, 0.2) is 24.3 Å². The van der Waals surface area contributed by atoms with Crippen molar-refractivity contribution in [3.63, 3.8) is 0 Å². The van der Waals surface area contributed by atoms with E-state index < -0.39 is 0 Å². The van der Waals surface area contributed by atoms with E-state index in [1.807, 2.05) is 13.8 Å². The summed E-state index contributed by atoms with van der Waals surface area (Å²) in [5, 5.41) is 3.46. The summed E-state index contributed by atoms with van der Waals surface area (Å²) in [7, 11) is 0. The molecule has 0 heterocycles. The SMILES string of the molecule is CC.Cc1ccccc1CCNCC(C)C. The van der Waals surface area contributed by atoms with Gasteiger partial charge in [0.1, 0.15) is 0 Å². The summed E-state index contributed by atoms with van der Waals surface area (Å²) in [6.07, 6.45) is 1.14. The molecule has 0 aromatic heterocycles. The summed E-state index contributed by atoms with van der Waals surface area (Å²) in [5.74, 6) is 0.742. The van der Waals surface area contributed by atoms with Crippen LogP contribution < -0.4 is 5.32 Å². The van der Waals surface area contributed by atoms with Crippen LogP contribution >= 0.6 is 0 Å². The van der Waals surface area contributed by atoms with E-state index in [0.717, 1.165) is 25.4 Å². The second-order valence-corrected chi connectivity index (χ2v) is 4.27. The third kappa shape index (κ3) is 6.62. The van der Waals surface area contributed by atoms with E-state index in [9.17, 15) is 0 Å². The molecule has 0 aliphatic heterocycles. The molecule has 0 amide bonds. The van der Waals surface area contributed by atoms with E-state index in [1.165, 1.54) is 11.1 Å². The van der Waals surface area contributed by atoms with Crippen molar-refractivity contribution >= 4 is 0 Å². The molecule has 1 aromatic rings. The Morgan fingerprint density at radius 2 is 1.75 bits per heavy atom. The Bertz CT molecular complexity index is 266. The van der Waals surface area contributed by atoms with Gasteiger partial charge in [0.2, 0.25) is 0 Å². The smallest absolute Gasteiger partial charge is 0.000814 e. The molecule has 0 saturated heterocycles. The number of hydrogen-bond donors (Lipinski definition) is 1. The molecule has 16 heavy (non-hydrogen) atoms. The van der Waals surface area contributed by atoms with Gasteiger partial charge in [0.15, 0.2) is 0 Å². The van der Waals surface area contributed by atoms with Crippen LogP contribution in [0.4, 0.5) is 0 Å². The van der Waals surface area contributed by atoms with E-state index in [4.69, 9.17) is 0 Å². The summed E-state index contributed by atoms with van der Waals surface area (Å²) >= 11 is 0. The average molecular weight is 221 g/mol. The molecule has 0 bridgehead atoms. The van der Waals surface area contributed by atoms with Crippen molar-refractivity contribution < 1.29 is 0 Å². The van der Waals surface area contributed by atoms with Gasteiger partial charge in [-0.05, 0) is 43.5 Å². The number of benzene rings is 1. The maximum absolute atomic E-state index is 3.46. The first kappa shape index (κ1) is 15.2. The van der Waals surface area contributed by atoms with Crippen molar-refractivity contribution in [2.24, 2.45) is 5.92 Å². The number of aryl methyl sites for hydroxylation is 1. The second-order valence-electron chi connectivity index (χ2n) is 4.27. The fourth-order valence-corrected chi connectivity index (χ4v) is 1.50. The first-order valence-electron chi connectivity index (χ1n) is 6.45. The molecule has 92 valence electrons. The predicted octanol–water partition coefficient (Wildman–Crippen LogP) is 3.81. The molecule has 1 aromatic carbocycles. The molecular weight excluding hydrogens is 194 g/mol. The van der Waals surface area contributed by atoms with Crippen molar-refractivity contribution in [2.75, 3.05) is 13.1 Å². The topological polar surface area (TPSA) is 12.0 Å². The fraction of sp³-hybridized carbons (Fsp3) is 0.600. The molecule has 1 heteroatoms.